The molecule has 2 rings (SSSR count). The van der Waals surface area contributed by atoms with E-state index in [4.69, 9.17) is 0 Å². The van der Waals surface area contributed by atoms with E-state index in [0.717, 1.165) is 24.6 Å². The summed E-state index contributed by atoms with van der Waals surface area (Å²) in [7, 11) is 0. The van der Waals surface area contributed by atoms with Gasteiger partial charge in [0, 0.05) is 12.2 Å². The summed E-state index contributed by atoms with van der Waals surface area (Å²) in [4.78, 5) is 3.78. The van der Waals surface area contributed by atoms with Crippen molar-refractivity contribution >= 4 is 6.08 Å². The van der Waals surface area contributed by atoms with Gasteiger partial charge in [-0.2, -0.15) is 0 Å². The molecule has 0 aromatic carbocycles. The molecule has 1 heterocycles. The van der Waals surface area contributed by atoms with Crippen LogP contribution in [0.2, 0.25) is 0 Å². The summed E-state index contributed by atoms with van der Waals surface area (Å²) in [6, 6.07) is 2.24. The van der Waals surface area contributed by atoms with Crippen LogP contribution in [-0.4, -0.2) is 17.6 Å². The number of aromatic nitrogens is 1. The first-order valence-corrected chi connectivity index (χ1v) is 5.35. The monoisotopic (exact) mass is 206 g/mol. The first kappa shape index (κ1) is 10.3. The summed E-state index contributed by atoms with van der Waals surface area (Å²) < 4.78 is 12.7. The highest BCUT2D eigenvalue weighted by molar-refractivity contribution is 5.47. The van der Waals surface area contributed by atoms with Crippen molar-refractivity contribution in [3.8, 4) is 0 Å². The lowest BCUT2D eigenvalue weighted by molar-refractivity contribution is 0.621. The van der Waals surface area contributed by atoms with Crippen LogP contribution in [0.3, 0.4) is 0 Å². The average molecular weight is 206 g/mol. The van der Waals surface area contributed by atoms with Crippen LogP contribution in [0.25, 0.3) is 6.08 Å². The molecule has 1 aliphatic carbocycles. The number of rotatable bonds is 5. The molecule has 1 aromatic heterocycles. The molecule has 0 atom stereocenters. The van der Waals surface area contributed by atoms with Crippen molar-refractivity contribution in [1.29, 1.82) is 0 Å². The Labute approximate surface area is 89.2 Å². The number of halogens is 1. The fraction of sp³-hybridized carbons (Fsp3) is 0.417. The van der Waals surface area contributed by atoms with E-state index >= 15 is 0 Å². The zero-order valence-corrected chi connectivity index (χ0v) is 8.62. The van der Waals surface area contributed by atoms with Crippen molar-refractivity contribution in [2.75, 3.05) is 6.54 Å². The normalized spacial score (nSPS) is 16.1. The maximum absolute atomic E-state index is 12.7. The standard InChI is InChI=1S/C12H15FN2/c13-11-7-10(8-14-9-11)3-1-2-6-15-12-4-5-12/h1,3,7-9,12,15H,2,4-6H2. The van der Waals surface area contributed by atoms with E-state index in [1.807, 2.05) is 12.2 Å². The van der Waals surface area contributed by atoms with Crippen LogP contribution in [-0.2, 0) is 0 Å². The van der Waals surface area contributed by atoms with Gasteiger partial charge in [0.25, 0.3) is 0 Å². The molecule has 15 heavy (non-hydrogen) atoms. The van der Waals surface area contributed by atoms with E-state index in [2.05, 4.69) is 10.3 Å². The number of pyridine rings is 1. The molecule has 0 radical (unpaired) electrons. The zero-order chi connectivity index (χ0) is 10.5. The highest BCUT2D eigenvalue weighted by Crippen LogP contribution is 2.18. The third-order valence-electron chi connectivity index (χ3n) is 2.36. The molecule has 1 fully saturated rings. The fourth-order valence-electron chi connectivity index (χ4n) is 1.40. The topological polar surface area (TPSA) is 24.9 Å². The molecule has 1 saturated carbocycles. The molecule has 80 valence electrons. The summed E-state index contributed by atoms with van der Waals surface area (Å²) in [5.41, 5.74) is 0.821. The highest BCUT2D eigenvalue weighted by Gasteiger charge is 2.19. The quantitative estimate of drug-likeness (QED) is 0.748. The van der Waals surface area contributed by atoms with Crippen LogP contribution in [0.5, 0.6) is 0 Å². The molecular weight excluding hydrogens is 191 g/mol. The van der Waals surface area contributed by atoms with E-state index in [-0.39, 0.29) is 5.82 Å². The Kier molecular flexibility index (Phi) is 3.45. The number of nitrogens with one attached hydrogen (secondary N) is 1. The second-order valence-electron chi connectivity index (χ2n) is 3.86. The van der Waals surface area contributed by atoms with Gasteiger partial charge in [0.1, 0.15) is 5.82 Å². The maximum atomic E-state index is 12.7. The third-order valence-corrected chi connectivity index (χ3v) is 2.36. The molecular formula is C12H15FN2. The molecule has 3 heteroatoms. The van der Waals surface area contributed by atoms with E-state index in [1.54, 1.807) is 6.20 Å². The predicted molar refractivity (Wildman–Crippen MR) is 58.9 cm³/mol. The van der Waals surface area contributed by atoms with Crippen LogP contribution < -0.4 is 5.32 Å². The highest BCUT2D eigenvalue weighted by atomic mass is 19.1. The van der Waals surface area contributed by atoms with Crippen molar-refractivity contribution in [1.82, 2.24) is 10.3 Å². The molecule has 0 bridgehead atoms. The number of hydrogen-bond acceptors (Lipinski definition) is 2. The zero-order valence-electron chi connectivity index (χ0n) is 8.62. The number of hydrogen-bond donors (Lipinski definition) is 1. The molecule has 1 aromatic rings. The first-order valence-electron chi connectivity index (χ1n) is 5.35. The van der Waals surface area contributed by atoms with Crippen LogP contribution >= 0.6 is 0 Å². The minimum atomic E-state index is -0.284. The lowest BCUT2D eigenvalue weighted by Gasteiger charge is -1.97. The Hall–Kier alpha value is -1.22. The molecule has 2 nitrogen and oxygen atoms in total. The van der Waals surface area contributed by atoms with Crippen molar-refractivity contribution in [3.63, 3.8) is 0 Å². The second-order valence-corrected chi connectivity index (χ2v) is 3.86. The third kappa shape index (κ3) is 3.80. The van der Waals surface area contributed by atoms with E-state index in [9.17, 15) is 4.39 Å². The number of nitrogens with zero attached hydrogens (tertiary/aromatic N) is 1. The Balaban J connectivity index is 1.72. The lowest BCUT2D eigenvalue weighted by atomic mass is 10.2. The lowest BCUT2D eigenvalue weighted by Crippen LogP contribution is -2.16. The van der Waals surface area contributed by atoms with Gasteiger partial charge in [-0.25, -0.2) is 4.39 Å². The minimum Gasteiger partial charge on any atom is -0.314 e. The van der Waals surface area contributed by atoms with Crippen LogP contribution in [0.1, 0.15) is 24.8 Å². The SMILES string of the molecule is Fc1cncc(C=CCCNC2CC2)c1. The summed E-state index contributed by atoms with van der Waals surface area (Å²) >= 11 is 0. The summed E-state index contributed by atoms with van der Waals surface area (Å²) in [5.74, 6) is -0.284. The van der Waals surface area contributed by atoms with Gasteiger partial charge < -0.3 is 5.32 Å². The van der Waals surface area contributed by atoms with Gasteiger partial charge in [-0.05, 0) is 37.4 Å². The Morgan fingerprint density at radius 2 is 2.33 bits per heavy atom. The second kappa shape index (κ2) is 5.03. The van der Waals surface area contributed by atoms with Crippen molar-refractivity contribution in [2.45, 2.75) is 25.3 Å². The van der Waals surface area contributed by atoms with Gasteiger partial charge in [-0.3, -0.25) is 4.98 Å². The van der Waals surface area contributed by atoms with Gasteiger partial charge >= 0.3 is 0 Å². The first-order chi connectivity index (χ1) is 7.34. The molecule has 0 spiro atoms. The fourth-order valence-corrected chi connectivity index (χ4v) is 1.40. The van der Waals surface area contributed by atoms with Crippen molar-refractivity contribution in [2.24, 2.45) is 0 Å². The minimum absolute atomic E-state index is 0.284. The van der Waals surface area contributed by atoms with Gasteiger partial charge in [0.05, 0.1) is 6.20 Å². The molecule has 0 amide bonds. The van der Waals surface area contributed by atoms with Crippen molar-refractivity contribution < 1.29 is 4.39 Å². The van der Waals surface area contributed by atoms with E-state index < -0.39 is 0 Å². The van der Waals surface area contributed by atoms with E-state index in [1.165, 1.54) is 25.1 Å². The Bertz CT molecular complexity index is 345. The average Bonchev–Trinajstić information content (AvgIpc) is 3.01. The smallest absolute Gasteiger partial charge is 0.142 e. The predicted octanol–water partition coefficient (Wildman–Crippen LogP) is 2.38. The molecule has 0 unspecified atom stereocenters. The van der Waals surface area contributed by atoms with Gasteiger partial charge in [-0.15, -0.1) is 0 Å². The van der Waals surface area contributed by atoms with Gasteiger partial charge in [-0.1, -0.05) is 12.2 Å². The maximum Gasteiger partial charge on any atom is 0.142 e. The largest absolute Gasteiger partial charge is 0.314 e. The van der Waals surface area contributed by atoms with Gasteiger partial charge in [0.15, 0.2) is 0 Å². The van der Waals surface area contributed by atoms with Gasteiger partial charge in [0.2, 0.25) is 0 Å². The molecule has 0 aliphatic heterocycles. The Morgan fingerprint density at radius 1 is 1.47 bits per heavy atom. The molecule has 1 aliphatic rings. The molecule has 0 saturated heterocycles. The van der Waals surface area contributed by atoms with Crippen LogP contribution in [0.4, 0.5) is 4.39 Å². The summed E-state index contributed by atoms with van der Waals surface area (Å²) in [5, 5.41) is 3.41. The summed E-state index contributed by atoms with van der Waals surface area (Å²) in [6.45, 7) is 1.00. The van der Waals surface area contributed by atoms with Crippen molar-refractivity contribution in [3.05, 3.63) is 35.9 Å². The van der Waals surface area contributed by atoms with Crippen LogP contribution in [0.15, 0.2) is 24.5 Å². The Morgan fingerprint density at radius 3 is 3.07 bits per heavy atom. The summed E-state index contributed by atoms with van der Waals surface area (Å²) in [6.07, 6.45) is 10.4. The molecule has 1 N–H and O–H groups in total. The van der Waals surface area contributed by atoms with Crippen LogP contribution in [0, 0.1) is 5.82 Å². The van der Waals surface area contributed by atoms with E-state index in [0.29, 0.717) is 0 Å².